The topological polar surface area (TPSA) is 54.5 Å². The standard InChI is InChI=1S/C16H16FNO3/c17-14-7-2-1-4-10(14)8-11(19)9-18-15(20)12-5-3-6-13(12)16(18)21/h1-2,4,7,12-13H,3,5-6,8-9H2. The van der Waals surface area contributed by atoms with E-state index >= 15 is 0 Å². The summed E-state index contributed by atoms with van der Waals surface area (Å²) in [5.41, 5.74) is 0.293. The van der Waals surface area contributed by atoms with Crippen molar-refractivity contribution < 1.29 is 18.8 Å². The van der Waals surface area contributed by atoms with Crippen molar-refractivity contribution in [2.45, 2.75) is 25.7 Å². The molecule has 0 radical (unpaired) electrons. The molecule has 4 nitrogen and oxygen atoms in total. The zero-order valence-electron chi connectivity index (χ0n) is 11.5. The molecule has 21 heavy (non-hydrogen) atoms. The predicted octanol–water partition coefficient (Wildman–Crippen LogP) is 1.72. The lowest BCUT2D eigenvalue weighted by molar-refractivity contribution is -0.143. The van der Waals surface area contributed by atoms with Gasteiger partial charge in [-0.25, -0.2) is 4.39 Å². The number of ketones is 1. The van der Waals surface area contributed by atoms with Crippen LogP contribution >= 0.6 is 0 Å². The first kappa shape index (κ1) is 13.9. The monoisotopic (exact) mass is 289 g/mol. The van der Waals surface area contributed by atoms with Gasteiger partial charge in [-0.15, -0.1) is 0 Å². The molecule has 0 bridgehead atoms. The van der Waals surface area contributed by atoms with Gasteiger partial charge >= 0.3 is 0 Å². The van der Waals surface area contributed by atoms with Gasteiger partial charge in [-0.2, -0.15) is 0 Å². The summed E-state index contributed by atoms with van der Waals surface area (Å²) in [5.74, 6) is -1.70. The van der Waals surface area contributed by atoms with Crippen LogP contribution in [0.5, 0.6) is 0 Å². The second-order valence-corrected chi connectivity index (χ2v) is 5.71. The first-order chi connectivity index (χ1) is 10.1. The fourth-order valence-corrected chi connectivity index (χ4v) is 3.30. The minimum Gasteiger partial charge on any atom is -0.297 e. The number of benzene rings is 1. The SMILES string of the molecule is O=C(Cc1ccccc1F)CN1C(=O)C2CCCC2C1=O. The molecule has 1 aromatic rings. The molecule has 1 aromatic carbocycles. The zero-order chi connectivity index (χ0) is 15.0. The van der Waals surface area contributed by atoms with Crippen LogP contribution in [0.2, 0.25) is 0 Å². The third-order valence-corrected chi connectivity index (χ3v) is 4.36. The van der Waals surface area contributed by atoms with E-state index in [0.717, 1.165) is 24.2 Å². The van der Waals surface area contributed by atoms with Crippen molar-refractivity contribution in [3.05, 3.63) is 35.6 Å². The Morgan fingerprint density at radius 3 is 2.38 bits per heavy atom. The van der Waals surface area contributed by atoms with Crippen molar-refractivity contribution in [3.8, 4) is 0 Å². The van der Waals surface area contributed by atoms with Crippen molar-refractivity contribution in [1.29, 1.82) is 0 Å². The number of hydrogen-bond donors (Lipinski definition) is 0. The fourth-order valence-electron chi connectivity index (χ4n) is 3.30. The number of imide groups is 1. The first-order valence-corrected chi connectivity index (χ1v) is 7.18. The molecule has 5 heteroatoms. The average Bonchev–Trinajstić information content (AvgIpc) is 3.02. The van der Waals surface area contributed by atoms with Crippen molar-refractivity contribution >= 4 is 17.6 Å². The molecule has 1 saturated carbocycles. The minimum atomic E-state index is -0.443. The average molecular weight is 289 g/mol. The van der Waals surface area contributed by atoms with Gasteiger partial charge in [0, 0.05) is 6.42 Å². The van der Waals surface area contributed by atoms with Crippen LogP contribution in [0.3, 0.4) is 0 Å². The Morgan fingerprint density at radius 2 is 1.76 bits per heavy atom. The third-order valence-electron chi connectivity index (χ3n) is 4.36. The number of likely N-dealkylation sites (tertiary alicyclic amines) is 1. The lowest BCUT2D eigenvalue weighted by atomic mass is 10.00. The highest BCUT2D eigenvalue weighted by atomic mass is 19.1. The van der Waals surface area contributed by atoms with Crippen LogP contribution in [0.25, 0.3) is 0 Å². The van der Waals surface area contributed by atoms with E-state index in [2.05, 4.69) is 0 Å². The number of nitrogens with zero attached hydrogens (tertiary/aromatic N) is 1. The summed E-state index contributed by atoms with van der Waals surface area (Å²) < 4.78 is 13.5. The van der Waals surface area contributed by atoms with E-state index in [1.54, 1.807) is 12.1 Å². The highest BCUT2D eigenvalue weighted by Crippen LogP contribution is 2.39. The number of carbonyl (C=O) groups is 3. The normalized spacial score (nSPS) is 24.5. The maximum absolute atomic E-state index is 13.5. The number of Topliss-reactive ketones (excluding diaryl/α,β-unsaturated/α-hetero) is 1. The lowest BCUT2D eigenvalue weighted by Gasteiger charge is -2.14. The number of amides is 2. The van der Waals surface area contributed by atoms with Gasteiger partial charge in [0.1, 0.15) is 5.82 Å². The van der Waals surface area contributed by atoms with Crippen molar-refractivity contribution in [1.82, 2.24) is 4.90 Å². The molecular formula is C16H16FNO3. The molecule has 2 amide bonds. The summed E-state index contributed by atoms with van der Waals surface area (Å²) in [6, 6.07) is 6.04. The van der Waals surface area contributed by atoms with Crippen LogP contribution in [0.1, 0.15) is 24.8 Å². The van der Waals surface area contributed by atoms with Crippen molar-refractivity contribution in [3.63, 3.8) is 0 Å². The molecular weight excluding hydrogens is 273 g/mol. The Kier molecular flexibility index (Phi) is 3.57. The van der Waals surface area contributed by atoms with Crippen LogP contribution in [0, 0.1) is 17.7 Å². The largest absolute Gasteiger partial charge is 0.297 e. The van der Waals surface area contributed by atoms with Crippen molar-refractivity contribution in [2.75, 3.05) is 6.54 Å². The Hall–Kier alpha value is -2.04. The Balaban J connectivity index is 1.67. The number of fused-ring (bicyclic) bond motifs is 1. The first-order valence-electron chi connectivity index (χ1n) is 7.18. The summed E-state index contributed by atoms with van der Waals surface area (Å²) in [4.78, 5) is 37.3. The van der Waals surface area contributed by atoms with Crippen LogP contribution in [0.4, 0.5) is 4.39 Å². The second kappa shape index (κ2) is 5.39. The summed E-state index contributed by atoms with van der Waals surface area (Å²) in [6.45, 7) is -0.237. The molecule has 0 aromatic heterocycles. The van der Waals surface area contributed by atoms with Crippen LogP contribution in [-0.2, 0) is 20.8 Å². The summed E-state index contributed by atoms with van der Waals surface area (Å²) in [5, 5.41) is 0. The van der Waals surface area contributed by atoms with Crippen molar-refractivity contribution in [2.24, 2.45) is 11.8 Å². The second-order valence-electron chi connectivity index (χ2n) is 5.71. The van der Waals surface area contributed by atoms with Gasteiger partial charge < -0.3 is 0 Å². The van der Waals surface area contributed by atoms with E-state index in [0.29, 0.717) is 5.56 Å². The van der Waals surface area contributed by atoms with E-state index in [1.165, 1.54) is 12.1 Å². The smallest absolute Gasteiger partial charge is 0.233 e. The van der Waals surface area contributed by atoms with E-state index in [1.807, 2.05) is 0 Å². The van der Waals surface area contributed by atoms with Gasteiger partial charge in [-0.3, -0.25) is 19.3 Å². The highest BCUT2D eigenvalue weighted by molar-refractivity contribution is 6.07. The van der Waals surface area contributed by atoms with Gasteiger partial charge in [-0.05, 0) is 24.5 Å². The van der Waals surface area contributed by atoms with Crippen LogP contribution in [-0.4, -0.2) is 29.0 Å². The fraction of sp³-hybridized carbons (Fsp3) is 0.438. The summed E-state index contributed by atoms with van der Waals surface area (Å²) in [7, 11) is 0. The molecule has 1 aliphatic carbocycles. The van der Waals surface area contributed by atoms with Crippen LogP contribution < -0.4 is 0 Å². The number of carbonyl (C=O) groups excluding carboxylic acids is 3. The maximum Gasteiger partial charge on any atom is 0.233 e. The molecule has 1 saturated heterocycles. The van der Waals surface area contributed by atoms with E-state index in [4.69, 9.17) is 0 Å². The molecule has 0 spiro atoms. The summed E-state index contributed by atoms with van der Waals surface area (Å²) >= 11 is 0. The van der Waals surface area contributed by atoms with E-state index < -0.39 is 5.82 Å². The zero-order valence-corrected chi connectivity index (χ0v) is 11.5. The molecule has 2 fully saturated rings. The molecule has 2 aliphatic rings. The molecule has 1 aliphatic heterocycles. The van der Waals surface area contributed by atoms with Gasteiger partial charge in [0.2, 0.25) is 11.8 Å². The van der Waals surface area contributed by atoms with E-state index in [9.17, 15) is 18.8 Å². The molecule has 3 rings (SSSR count). The molecule has 2 unspecified atom stereocenters. The quantitative estimate of drug-likeness (QED) is 0.793. The third kappa shape index (κ3) is 2.48. The number of rotatable bonds is 4. The molecule has 2 atom stereocenters. The van der Waals surface area contributed by atoms with E-state index in [-0.39, 0.29) is 42.4 Å². The van der Waals surface area contributed by atoms with Gasteiger partial charge in [0.05, 0.1) is 18.4 Å². The summed E-state index contributed by atoms with van der Waals surface area (Å²) in [6.07, 6.45) is 2.25. The van der Waals surface area contributed by atoms with Gasteiger partial charge in [0.25, 0.3) is 0 Å². The number of hydrogen-bond acceptors (Lipinski definition) is 3. The highest BCUT2D eigenvalue weighted by Gasteiger charge is 2.49. The molecule has 1 heterocycles. The maximum atomic E-state index is 13.5. The number of halogens is 1. The predicted molar refractivity (Wildman–Crippen MR) is 72.7 cm³/mol. The minimum absolute atomic E-state index is 0.0981. The Morgan fingerprint density at radius 1 is 1.14 bits per heavy atom. The Labute approximate surface area is 121 Å². The van der Waals surface area contributed by atoms with Crippen LogP contribution in [0.15, 0.2) is 24.3 Å². The molecule has 0 N–H and O–H groups in total. The van der Waals surface area contributed by atoms with Gasteiger partial charge in [0.15, 0.2) is 5.78 Å². The molecule has 110 valence electrons. The Bertz CT molecular complexity index is 591. The lowest BCUT2D eigenvalue weighted by Crippen LogP contribution is -2.37. The van der Waals surface area contributed by atoms with Gasteiger partial charge in [-0.1, -0.05) is 24.6 Å².